The minimum absolute atomic E-state index is 0.0312. The van der Waals surface area contributed by atoms with Crippen molar-refractivity contribution in [2.45, 2.75) is 33.4 Å². The Balaban J connectivity index is 2.37. The van der Waals surface area contributed by atoms with Crippen LogP contribution in [0.2, 0.25) is 5.02 Å². The monoisotopic (exact) mass is 483 g/mol. The maximum atomic E-state index is 13.0. The van der Waals surface area contributed by atoms with Crippen LogP contribution in [0.1, 0.15) is 6.92 Å². The van der Waals surface area contributed by atoms with Crippen LogP contribution in [0.3, 0.4) is 0 Å². The lowest BCUT2D eigenvalue weighted by molar-refractivity contribution is -0.242. The molecular weight excluding hydrogens is 467 g/mol. The first-order valence-corrected chi connectivity index (χ1v) is 11.1. The zero-order valence-corrected chi connectivity index (χ0v) is 17.8. The van der Waals surface area contributed by atoms with Crippen LogP contribution in [-0.2, 0) is 14.6 Å². The number of thioether (sulfide) groups is 1. The summed E-state index contributed by atoms with van der Waals surface area (Å²) in [6.07, 6.45) is -5.22. The molecule has 2 aromatic rings. The summed E-state index contributed by atoms with van der Waals surface area (Å²) in [7, 11) is -4.05. The summed E-state index contributed by atoms with van der Waals surface area (Å²) in [5.41, 5.74) is -3.96. The molecule has 0 radical (unpaired) electrons. The van der Waals surface area contributed by atoms with Crippen molar-refractivity contribution in [3.8, 4) is 0 Å². The van der Waals surface area contributed by atoms with Crippen molar-refractivity contribution >= 4 is 44.8 Å². The number of alkyl halides is 3. The molecule has 2 rings (SSSR count). The number of amides is 1. The fraction of sp³-hybridized carbons (Fsp3) is 0.278. The minimum atomic E-state index is -5.22. The number of aliphatic hydroxyl groups is 2. The lowest BCUT2D eigenvalue weighted by Crippen LogP contribution is -2.52. The van der Waals surface area contributed by atoms with E-state index < -0.39 is 27.5 Å². The van der Waals surface area contributed by atoms with Crippen molar-refractivity contribution in [2.24, 2.45) is 0 Å². The molecule has 1 atom stereocenters. The maximum absolute atomic E-state index is 13.0. The Morgan fingerprint density at radius 3 is 2.40 bits per heavy atom. The average molecular weight is 484 g/mol. The molecule has 0 bridgehead atoms. The van der Waals surface area contributed by atoms with E-state index in [0.717, 1.165) is 30.0 Å². The first-order chi connectivity index (χ1) is 13.8. The predicted molar refractivity (Wildman–Crippen MR) is 106 cm³/mol. The number of aliphatic hydroxyl groups excluding tert-OH is 1. The van der Waals surface area contributed by atoms with Crippen LogP contribution in [0.15, 0.2) is 57.2 Å². The Morgan fingerprint density at radius 2 is 1.83 bits per heavy atom. The highest BCUT2D eigenvalue weighted by molar-refractivity contribution is 8.00. The third-order valence-electron chi connectivity index (χ3n) is 3.98. The van der Waals surface area contributed by atoms with E-state index in [-0.39, 0.29) is 39.8 Å². The Kier molecular flexibility index (Phi) is 7.46. The highest BCUT2D eigenvalue weighted by Crippen LogP contribution is 2.35. The summed E-state index contributed by atoms with van der Waals surface area (Å²) in [4.78, 5) is 11.9. The van der Waals surface area contributed by atoms with Gasteiger partial charge in [-0.1, -0.05) is 23.7 Å². The number of rotatable bonds is 7. The molecule has 1 unspecified atom stereocenters. The van der Waals surface area contributed by atoms with E-state index in [9.17, 15) is 31.5 Å². The Bertz CT molecular complexity index is 1040. The van der Waals surface area contributed by atoms with Gasteiger partial charge in [-0.15, -0.1) is 11.8 Å². The standard InChI is InChI=1S/C18H17ClF3NO5S2/c1-17(26,18(20,21)22)16(25)23-13-7-6-11(10-12(13)19)30(27,28)15-5-3-2-4-14(15)29-9-8-24/h2-7,10,24,26H,8-9H2,1H3,(H,23,25). The Labute approximate surface area is 180 Å². The van der Waals surface area contributed by atoms with Crippen LogP contribution in [0, 0.1) is 0 Å². The third-order valence-corrected chi connectivity index (χ3v) is 7.29. The molecule has 0 spiro atoms. The van der Waals surface area contributed by atoms with Crippen molar-refractivity contribution in [3.63, 3.8) is 0 Å². The second-order valence-corrected chi connectivity index (χ2v) is 9.65. The highest BCUT2D eigenvalue weighted by Gasteiger charge is 2.55. The molecule has 3 N–H and O–H groups in total. The SMILES string of the molecule is CC(O)(C(=O)Nc1ccc(S(=O)(=O)c2ccccc2SCCO)cc1Cl)C(F)(F)F. The first-order valence-electron chi connectivity index (χ1n) is 8.30. The number of halogens is 4. The second kappa shape index (κ2) is 9.15. The van der Waals surface area contributed by atoms with Gasteiger partial charge in [-0.3, -0.25) is 4.79 Å². The van der Waals surface area contributed by atoms with Gasteiger partial charge in [-0.05, 0) is 37.3 Å². The molecule has 0 aliphatic carbocycles. The molecule has 0 aromatic heterocycles. The number of anilines is 1. The highest BCUT2D eigenvalue weighted by atomic mass is 35.5. The fourth-order valence-electron chi connectivity index (χ4n) is 2.21. The van der Waals surface area contributed by atoms with Crippen LogP contribution in [0.5, 0.6) is 0 Å². The largest absolute Gasteiger partial charge is 0.426 e. The fourth-order valence-corrected chi connectivity index (χ4v) is 5.07. The Hall–Kier alpha value is -1.79. The number of sulfone groups is 1. The van der Waals surface area contributed by atoms with E-state index in [2.05, 4.69) is 0 Å². The Morgan fingerprint density at radius 1 is 1.20 bits per heavy atom. The maximum Gasteiger partial charge on any atom is 0.426 e. The van der Waals surface area contributed by atoms with E-state index in [1.165, 1.54) is 12.1 Å². The van der Waals surface area contributed by atoms with Gasteiger partial charge in [-0.25, -0.2) is 8.42 Å². The van der Waals surface area contributed by atoms with Crippen LogP contribution in [0.25, 0.3) is 0 Å². The lowest BCUT2D eigenvalue weighted by atomic mass is 10.1. The van der Waals surface area contributed by atoms with Gasteiger partial charge in [-0.2, -0.15) is 13.2 Å². The van der Waals surface area contributed by atoms with Gasteiger partial charge in [0.15, 0.2) is 0 Å². The van der Waals surface area contributed by atoms with Crippen LogP contribution < -0.4 is 5.32 Å². The zero-order valence-electron chi connectivity index (χ0n) is 15.4. The molecule has 0 saturated heterocycles. The summed E-state index contributed by atoms with van der Waals surface area (Å²) in [6.45, 7) is 0.136. The minimum Gasteiger partial charge on any atom is -0.396 e. The molecule has 1 amide bonds. The van der Waals surface area contributed by atoms with Gasteiger partial charge in [0.2, 0.25) is 15.4 Å². The molecule has 6 nitrogen and oxygen atoms in total. The van der Waals surface area contributed by atoms with Gasteiger partial charge in [0, 0.05) is 10.6 Å². The molecule has 0 heterocycles. The van der Waals surface area contributed by atoms with Crippen LogP contribution in [0.4, 0.5) is 18.9 Å². The molecule has 164 valence electrons. The summed E-state index contributed by atoms with van der Waals surface area (Å²) >= 11 is 7.11. The van der Waals surface area contributed by atoms with Crippen molar-refractivity contribution in [1.29, 1.82) is 0 Å². The smallest absolute Gasteiger partial charge is 0.396 e. The van der Waals surface area contributed by atoms with E-state index in [4.69, 9.17) is 16.7 Å². The number of nitrogens with one attached hydrogen (secondary N) is 1. The van der Waals surface area contributed by atoms with E-state index in [1.54, 1.807) is 12.1 Å². The number of benzene rings is 2. The van der Waals surface area contributed by atoms with E-state index in [1.807, 2.05) is 5.32 Å². The van der Waals surface area contributed by atoms with Crippen LogP contribution in [-0.4, -0.2) is 48.7 Å². The topological polar surface area (TPSA) is 104 Å². The number of hydrogen-bond acceptors (Lipinski definition) is 6. The first kappa shape index (κ1) is 24.5. The molecule has 0 aliphatic rings. The van der Waals surface area contributed by atoms with Crippen molar-refractivity contribution in [3.05, 3.63) is 47.5 Å². The summed E-state index contributed by atoms with van der Waals surface area (Å²) < 4.78 is 64.3. The molecule has 30 heavy (non-hydrogen) atoms. The average Bonchev–Trinajstić information content (AvgIpc) is 2.67. The van der Waals surface area contributed by atoms with E-state index in [0.29, 0.717) is 4.90 Å². The quantitative estimate of drug-likeness (QED) is 0.521. The lowest BCUT2D eigenvalue weighted by Gasteiger charge is -2.25. The summed E-state index contributed by atoms with van der Waals surface area (Å²) in [5.74, 6) is -1.49. The van der Waals surface area contributed by atoms with Crippen molar-refractivity contribution < 1.29 is 36.6 Å². The molecule has 0 fully saturated rings. The molecule has 0 aliphatic heterocycles. The number of hydrogen-bond donors (Lipinski definition) is 3. The second-order valence-electron chi connectivity index (χ2n) is 6.19. The normalized spacial score (nSPS) is 14.2. The van der Waals surface area contributed by atoms with Crippen LogP contribution >= 0.6 is 23.4 Å². The molecular formula is C18H17ClF3NO5S2. The van der Waals surface area contributed by atoms with Gasteiger partial charge in [0.05, 0.1) is 27.1 Å². The summed E-state index contributed by atoms with van der Waals surface area (Å²) in [5, 5.41) is 19.9. The van der Waals surface area contributed by atoms with E-state index >= 15 is 0 Å². The van der Waals surface area contributed by atoms with Crippen molar-refractivity contribution in [2.75, 3.05) is 17.7 Å². The van der Waals surface area contributed by atoms with Gasteiger partial charge < -0.3 is 15.5 Å². The van der Waals surface area contributed by atoms with Gasteiger partial charge >= 0.3 is 6.18 Å². The predicted octanol–water partition coefficient (Wildman–Crippen LogP) is 3.51. The molecule has 0 saturated carbocycles. The van der Waals surface area contributed by atoms with Gasteiger partial charge in [0.25, 0.3) is 5.91 Å². The zero-order chi connectivity index (χ0) is 22.7. The molecule has 12 heteroatoms. The number of carbonyl (C=O) groups is 1. The van der Waals surface area contributed by atoms with Crippen molar-refractivity contribution in [1.82, 2.24) is 0 Å². The summed E-state index contributed by atoms with van der Waals surface area (Å²) in [6, 6.07) is 9.20. The van der Waals surface area contributed by atoms with Gasteiger partial charge in [0.1, 0.15) is 0 Å². The third kappa shape index (κ3) is 5.09. The molecule has 2 aromatic carbocycles. The number of carbonyl (C=O) groups excluding carboxylic acids is 1.